The normalized spacial score (nSPS) is 20.0. The summed E-state index contributed by atoms with van der Waals surface area (Å²) in [5.41, 5.74) is 5.12. The van der Waals surface area contributed by atoms with Gasteiger partial charge in [-0.1, -0.05) is 40.2 Å². The lowest BCUT2D eigenvalue weighted by molar-refractivity contribution is -0.116. The summed E-state index contributed by atoms with van der Waals surface area (Å²) < 4.78 is 1.04. The number of rotatable bonds is 1. The number of hydrogen-bond acceptors (Lipinski definition) is 3. The van der Waals surface area contributed by atoms with Crippen LogP contribution in [-0.2, 0) is 4.79 Å². The number of Topliss-reactive ketones (excluding diaryl/α,β-unsaturated/α-hetero) is 1. The molecule has 2 aromatic rings. The standard InChI is InChI=1S/C19H17BrN2O/c20-13-10-8-12(9-11-13)19-18-16(6-3-7-17(18)23)21-14-4-1-2-5-15(14)22-19/h1-2,4-5,8-11,19,21-22H,3,6-7H2. The number of halogens is 1. The van der Waals surface area contributed by atoms with Gasteiger partial charge in [0.15, 0.2) is 5.78 Å². The summed E-state index contributed by atoms with van der Waals surface area (Å²) >= 11 is 3.48. The number of allylic oxidation sites excluding steroid dienone is 1. The molecule has 23 heavy (non-hydrogen) atoms. The molecule has 1 aliphatic carbocycles. The summed E-state index contributed by atoms with van der Waals surface area (Å²) in [7, 11) is 0. The van der Waals surface area contributed by atoms with Gasteiger partial charge in [-0.25, -0.2) is 0 Å². The minimum absolute atomic E-state index is 0.109. The van der Waals surface area contributed by atoms with Crippen molar-refractivity contribution in [3.63, 3.8) is 0 Å². The number of hydrogen-bond donors (Lipinski definition) is 2. The zero-order chi connectivity index (χ0) is 15.8. The largest absolute Gasteiger partial charge is 0.372 e. The minimum atomic E-state index is -0.109. The zero-order valence-corrected chi connectivity index (χ0v) is 14.2. The molecule has 116 valence electrons. The predicted molar refractivity (Wildman–Crippen MR) is 96.5 cm³/mol. The Labute approximate surface area is 143 Å². The number of fused-ring (bicyclic) bond motifs is 1. The van der Waals surface area contributed by atoms with Crippen molar-refractivity contribution in [2.45, 2.75) is 25.3 Å². The van der Waals surface area contributed by atoms with E-state index < -0.39 is 0 Å². The van der Waals surface area contributed by atoms with Crippen LogP contribution in [0.1, 0.15) is 30.9 Å². The monoisotopic (exact) mass is 368 g/mol. The van der Waals surface area contributed by atoms with Gasteiger partial charge in [0, 0.05) is 22.2 Å². The predicted octanol–water partition coefficient (Wildman–Crippen LogP) is 5.03. The average Bonchev–Trinajstić information content (AvgIpc) is 2.73. The number of ketones is 1. The minimum Gasteiger partial charge on any atom is -0.372 e. The molecule has 0 amide bonds. The van der Waals surface area contributed by atoms with Crippen molar-refractivity contribution in [3.8, 4) is 0 Å². The first-order chi connectivity index (χ1) is 11.2. The average molecular weight is 369 g/mol. The van der Waals surface area contributed by atoms with Crippen LogP contribution in [0, 0.1) is 0 Å². The maximum Gasteiger partial charge on any atom is 0.163 e. The number of carbonyl (C=O) groups excluding carboxylic acids is 1. The molecule has 1 unspecified atom stereocenters. The van der Waals surface area contributed by atoms with Gasteiger partial charge in [0.05, 0.1) is 17.4 Å². The van der Waals surface area contributed by atoms with Gasteiger partial charge in [-0.15, -0.1) is 0 Å². The van der Waals surface area contributed by atoms with E-state index in [1.54, 1.807) is 0 Å². The third kappa shape index (κ3) is 2.68. The highest BCUT2D eigenvalue weighted by atomic mass is 79.9. The number of nitrogens with one attached hydrogen (secondary N) is 2. The van der Waals surface area contributed by atoms with E-state index in [1.807, 2.05) is 24.3 Å². The Balaban J connectivity index is 1.86. The first-order valence-electron chi connectivity index (χ1n) is 7.86. The molecule has 0 radical (unpaired) electrons. The van der Waals surface area contributed by atoms with E-state index >= 15 is 0 Å². The van der Waals surface area contributed by atoms with Crippen molar-refractivity contribution in [1.29, 1.82) is 0 Å². The molecule has 2 N–H and O–H groups in total. The van der Waals surface area contributed by atoms with Gasteiger partial charge in [-0.2, -0.15) is 0 Å². The quantitative estimate of drug-likeness (QED) is 0.740. The van der Waals surface area contributed by atoms with E-state index in [0.29, 0.717) is 6.42 Å². The van der Waals surface area contributed by atoms with Crippen LogP contribution in [-0.4, -0.2) is 5.78 Å². The second-order valence-electron chi connectivity index (χ2n) is 5.97. The first-order valence-corrected chi connectivity index (χ1v) is 8.66. The smallest absolute Gasteiger partial charge is 0.163 e. The van der Waals surface area contributed by atoms with E-state index in [9.17, 15) is 4.79 Å². The number of carbonyl (C=O) groups is 1. The molecule has 4 rings (SSSR count). The van der Waals surface area contributed by atoms with E-state index in [1.165, 1.54) is 0 Å². The number of para-hydroxylation sites is 2. The summed E-state index contributed by atoms with van der Waals surface area (Å²) in [6, 6.07) is 16.2. The van der Waals surface area contributed by atoms with E-state index in [2.05, 4.69) is 50.8 Å². The van der Waals surface area contributed by atoms with Gasteiger partial charge in [0.1, 0.15) is 0 Å². The Bertz CT molecular complexity index is 795. The zero-order valence-electron chi connectivity index (χ0n) is 12.6. The summed E-state index contributed by atoms with van der Waals surface area (Å²) in [6.07, 6.45) is 2.47. The number of anilines is 2. The van der Waals surface area contributed by atoms with Gasteiger partial charge >= 0.3 is 0 Å². The molecule has 2 aliphatic rings. The van der Waals surface area contributed by atoms with Crippen molar-refractivity contribution in [1.82, 2.24) is 0 Å². The lowest BCUT2D eigenvalue weighted by Crippen LogP contribution is -2.23. The molecular formula is C19H17BrN2O. The van der Waals surface area contributed by atoms with Crippen LogP contribution in [0.15, 0.2) is 64.3 Å². The Morgan fingerprint density at radius 2 is 1.70 bits per heavy atom. The van der Waals surface area contributed by atoms with Gasteiger partial charge in [-0.05, 0) is 42.7 Å². The third-order valence-corrected chi connectivity index (χ3v) is 4.99. The summed E-state index contributed by atoms with van der Waals surface area (Å²) in [5, 5.41) is 7.06. The maximum atomic E-state index is 12.6. The van der Waals surface area contributed by atoms with Crippen LogP contribution in [0.25, 0.3) is 0 Å². The Morgan fingerprint density at radius 3 is 2.48 bits per heavy atom. The molecule has 0 saturated carbocycles. The van der Waals surface area contributed by atoms with Crippen LogP contribution < -0.4 is 10.6 Å². The highest BCUT2D eigenvalue weighted by molar-refractivity contribution is 9.10. The molecule has 2 aromatic carbocycles. The molecule has 4 heteroatoms. The van der Waals surface area contributed by atoms with E-state index in [4.69, 9.17) is 0 Å². The fourth-order valence-electron chi connectivity index (χ4n) is 3.34. The van der Waals surface area contributed by atoms with Crippen LogP contribution in [0.4, 0.5) is 11.4 Å². The van der Waals surface area contributed by atoms with E-state index in [0.717, 1.165) is 45.5 Å². The first kappa shape index (κ1) is 14.5. The molecule has 0 bridgehead atoms. The van der Waals surface area contributed by atoms with Crippen LogP contribution in [0.3, 0.4) is 0 Å². The molecule has 0 aromatic heterocycles. The SMILES string of the molecule is O=C1CCCC2=C1C(c1ccc(Br)cc1)Nc1ccccc1N2. The molecular weight excluding hydrogens is 352 g/mol. The van der Waals surface area contributed by atoms with Crippen molar-refractivity contribution < 1.29 is 4.79 Å². The van der Waals surface area contributed by atoms with Gasteiger partial charge in [0.25, 0.3) is 0 Å². The van der Waals surface area contributed by atoms with Crippen molar-refractivity contribution in [2.75, 3.05) is 10.6 Å². The van der Waals surface area contributed by atoms with Crippen LogP contribution in [0.2, 0.25) is 0 Å². The lowest BCUT2D eigenvalue weighted by atomic mass is 9.87. The third-order valence-electron chi connectivity index (χ3n) is 4.46. The molecule has 0 fully saturated rings. The summed E-state index contributed by atoms with van der Waals surface area (Å²) in [5.74, 6) is 0.243. The Morgan fingerprint density at radius 1 is 0.957 bits per heavy atom. The molecule has 0 spiro atoms. The van der Waals surface area contributed by atoms with Crippen molar-refractivity contribution in [3.05, 3.63) is 69.8 Å². The summed E-state index contributed by atoms with van der Waals surface area (Å²) in [6.45, 7) is 0. The lowest BCUT2D eigenvalue weighted by Gasteiger charge is -2.25. The second kappa shape index (κ2) is 5.85. The van der Waals surface area contributed by atoms with E-state index in [-0.39, 0.29) is 11.8 Å². The molecule has 1 atom stereocenters. The summed E-state index contributed by atoms with van der Waals surface area (Å²) in [4.78, 5) is 12.6. The molecule has 0 saturated heterocycles. The van der Waals surface area contributed by atoms with Crippen molar-refractivity contribution >= 4 is 33.1 Å². The highest BCUT2D eigenvalue weighted by Gasteiger charge is 2.31. The van der Waals surface area contributed by atoms with Crippen LogP contribution in [0.5, 0.6) is 0 Å². The van der Waals surface area contributed by atoms with Gasteiger partial charge in [-0.3, -0.25) is 4.79 Å². The maximum absolute atomic E-state index is 12.6. The van der Waals surface area contributed by atoms with Gasteiger partial charge in [0.2, 0.25) is 0 Å². The molecule has 3 nitrogen and oxygen atoms in total. The fourth-order valence-corrected chi connectivity index (χ4v) is 3.61. The molecule has 1 aliphatic heterocycles. The Hall–Kier alpha value is -2.07. The van der Waals surface area contributed by atoms with Crippen molar-refractivity contribution in [2.24, 2.45) is 0 Å². The fraction of sp³-hybridized carbons (Fsp3) is 0.211. The second-order valence-corrected chi connectivity index (χ2v) is 6.88. The number of benzene rings is 2. The van der Waals surface area contributed by atoms with Crippen LogP contribution >= 0.6 is 15.9 Å². The highest BCUT2D eigenvalue weighted by Crippen LogP contribution is 2.40. The molecule has 1 heterocycles. The Kier molecular flexibility index (Phi) is 3.69. The van der Waals surface area contributed by atoms with Gasteiger partial charge < -0.3 is 10.6 Å². The topological polar surface area (TPSA) is 41.1 Å².